The summed E-state index contributed by atoms with van der Waals surface area (Å²) in [6.45, 7) is 10.0. The molecule has 10 atom stereocenters. The standard InChI is InChI=1S/C32H46O8/c1-19-8-7-9-23-18-37-28-27(36-6)21(3)15-26(32(23,28)35)29(33)38-25-16-24(11-10-20(2)14-19)39-31(17-25)13-12-22(4)30(5,34)40-31/h7-10,15,19,22,24-28,34-35H,11-14,16-18H2,1-6H3. The average molecular weight is 559 g/mol. The van der Waals surface area contributed by atoms with E-state index in [0.29, 0.717) is 31.3 Å². The highest BCUT2D eigenvalue weighted by atomic mass is 16.8. The van der Waals surface area contributed by atoms with Gasteiger partial charge in [-0.25, -0.2) is 0 Å². The number of hydrogen-bond acceptors (Lipinski definition) is 8. The van der Waals surface area contributed by atoms with Gasteiger partial charge in [-0.2, -0.15) is 0 Å². The van der Waals surface area contributed by atoms with Gasteiger partial charge < -0.3 is 33.9 Å². The van der Waals surface area contributed by atoms with Crippen LogP contribution in [0.2, 0.25) is 0 Å². The van der Waals surface area contributed by atoms with E-state index in [1.54, 1.807) is 20.1 Å². The fourth-order valence-electron chi connectivity index (χ4n) is 7.17. The fourth-order valence-corrected chi connectivity index (χ4v) is 7.17. The number of ether oxygens (including phenoxy) is 5. The lowest BCUT2D eigenvalue weighted by molar-refractivity contribution is -0.403. The van der Waals surface area contributed by atoms with Gasteiger partial charge in [-0.1, -0.05) is 49.8 Å². The smallest absolute Gasteiger partial charge is 0.316 e. The molecule has 5 rings (SSSR count). The maximum atomic E-state index is 13.9. The van der Waals surface area contributed by atoms with Crippen molar-refractivity contribution < 1.29 is 38.7 Å². The predicted molar refractivity (Wildman–Crippen MR) is 149 cm³/mol. The minimum absolute atomic E-state index is 0.0480. The third kappa shape index (κ3) is 5.51. The van der Waals surface area contributed by atoms with E-state index in [9.17, 15) is 15.0 Å². The van der Waals surface area contributed by atoms with Crippen LogP contribution in [0.1, 0.15) is 73.1 Å². The number of carbonyl (C=O) groups excluding carboxylic acids is 1. The first-order valence-electron chi connectivity index (χ1n) is 14.8. The molecule has 0 amide bonds. The molecule has 0 radical (unpaired) electrons. The van der Waals surface area contributed by atoms with E-state index >= 15 is 0 Å². The molecule has 3 fully saturated rings. The molecule has 8 heteroatoms. The molecule has 0 aromatic carbocycles. The van der Waals surface area contributed by atoms with Gasteiger partial charge in [0.1, 0.15) is 29.8 Å². The highest BCUT2D eigenvalue weighted by Crippen LogP contribution is 2.48. The van der Waals surface area contributed by atoms with Gasteiger partial charge in [0, 0.05) is 32.3 Å². The quantitative estimate of drug-likeness (QED) is 0.358. The lowest BCUT2D eigenvalue weighted by Gasteiger charge is -2.51. The summed E-state index contributed by atoms with van der Waals surface area (Å²) in [6.07, 6.45) is 11.7. The maximum absolute atomic E-state index is 13.9. The first-order chi connectivity index (χ1) is 18.9. The second-order valence-electron chi connectivity index (χ2n) is 12.9. The number of carbonyl (C=O) groups is 1. The molecule has 40 heavy (non-hydrogen) atoms. The highest BCUT2D eigenvalue weighted by Gasteiger charge is 2.60. The number of methoxy groups -OCH3 is 1. The summed E-state index contributed by atoms with van der Waals surface area (Å²) < 4.78 is 30.8. The Labute approximate surface area is 238 Å². The van der Waals surface area contributed by atoms with E-state index in [1.165, 1.54) is 5.57 Å². The third-order valence-corrected chi connectivity index (χ3v) is 9.61. The van der Waals surface area contributed by atoms with Crippen molar-refractivity contribution in [1.29, 1.82) is 0 Å². The number of fused-ring (bicyclic) bond motifs is 2. The molecular weight excluding hydrogens is 512 g/mol. The molecule has 10 unspecified atom stereocenters. The largest absolute Gasteiger partial charge is 0.462 e. The lowest BCUT2D eigenvalue weighted by atomic mass is 9.70. The Bertz CT molecular complexity index is 1100. The van der Waals surface area contributed by atoms with Gasteiger partial charge in [-0.05, 0) is 57.1 Å². The molecule has 4 heterocycles. The Kier molecular flexibility index (Phi) is 8.25. The molecule has 2 bridgehead atoms. The van der Waals surface area contributed by atoms with Crippen LogP contribution in [0.3, 0.4) is 0 Å². The zero-order valence-corrected chi connectivity index (χ0v) is 24.7. The van der Waals surface area contributed by atoms with Gasteiger partial charge in [0.05, 0.1) is 12.7 Å². The Morgan fingerprint density at radius 3 is 2.65 bits per heavy atom. The minimum Gasteiger partial charge on any atom is -0.462 e. The summed E-state index contributed by atoms with van der Waals surface area (Å²) in [5, 5.41) is 23.2. The van der Waals surface area contributed by atoms with Gasteiger partial charge in [-0.15, -0.1) is 0 Å². The highest BCUT2D eigenvalue weighted by molar-refractivity contribution is 5.78. The van der Waals surface area contributed by atoms with Gasteiger partial charge >= 0.3 is 5.97 Å². The van der Waals surface area contributed by atoms with Crippen LogP contribution in [0.4, 0.5) is 0 Å². The SMILES string of the molecule is COC1C(C)=CC2C(=O)OC3CC(CC=C(C)CC(C)C=CC=C4COC1C42O)OC1(CCC(C)C(C)(O)O1)C3. The summed E-state index contributed by atoms with van der Waals surface area (Å²) in [6, 6.07) is 0. The molecular formula is C32H46O8. The number of aliphatic hydroxyl groups is 2. The van der Waals surface area contributed by atoms with Crippen LogP contribution in [-0.4, -0.2) is 71.5 Å². The van der Waals surface area contributed by atoms with Crippen molar-refractivity contribution in [3.63, 3.8) is 0 Å². The zero-order chi connectivity index (χ0) is 28.9. The van der Waals surface area contributed by atoms with Crippen LogP contribution < -0.4 is 0 Å². The summed E-state index contributed by atoms with van der Waals surface area (Å²) in [7, 11) is 1.59. The molecule has 1 aliphatic carbocycles. The summed E-state index contributed by atoms with van der Waals surface area (Å²) in [4.78, 5) is 13.9. The van der Waals surface area contributed by atoms with Crippen molar-refractivity contribution in [2.24, 2.45) is 17.8 Å². The summed E-state index contributed by atoms with van der Waals surface area (Å²) in [5.41, 5.74) is 1.11. The van der Waals surface area contributed by atoms with E-state index < -0.39 is 47.4 Å². The van der Waals surface area contributed by atoms with Crippen molar-refractivity contribution in [2.45, 2.75) is 115 Å². The third-order valence-electron chi connectivity index (χ3n) is 9.61. The summed E-state index contributed by atoms with van der Waals surface area (Å²) >= 11 is 0. The molecule has 0 aromatic rings. The van der Waals surface area contributed by atoms with Crippen molar-refractivity contribution in [3.8, 4) is 0 Å². The van der Waals surface area contributed by atoms with Crippen LogP contribution in [0, 0.1) is 17.8 Å². The molecule has 2 N–H and O–H groups in total. The van der Waals surface area contributed by atoms with E-state index in [2.05, 4.69) is 26.0 Å². The Morgan fingerprint density at radius 1 is 1.15 bits per heavy atom. The zero-order valence-electron chi connectivity index (χ0n) is 24.7. The maximum Gasteiger partial charge on any atom is 0.316 e. The Morgan fingerprint density at radius 2 is 1.93 bits per heavy atom. The van der Waals surface area contributed by atoms with Gasteiger partial charge in [0.25, 0.3) is 0 Å². The van der Waals surface area contributed by atoms with E-state index in [-0.39, 0.29) is 24.5 Å². The molecule has 222 valence electrons. The molecule has 1 spiro atoms. The van der Waals surface area contributed by atoms with Crippen molar-refractivity contribution in [1.82, 2.24) is 0 Å². The number of rotatable bonds is 1. The van der Waals surface area contributed by atoms with Gasteiger partial charge in [0.15, 0.2) is 11.6 Å². The molecule has 0 saturated carbocycles. The van der Waals surface area contributed by atoms with E-state index in [1.807, 2.05) is 26.0 Å². The van der Waals surface area contributed by atoms with E-state index in [0.717, 1.165) is 18.4 Å². The number of esters is 1. The number of hydrogen-bond donors (Lipinski definition) is 2. The number of allylic oxidation sites excluding steroid dienone is 4. The average Bonchev–Trinajstić information content (AvgIpc) is 3.20. The van der Waals surface area contributed by atoms with Crippen molar-refractivity contribution in [2.75, 3.05) is 13.7 Å². The van der Waals surface area contributed by atoms with Crippen LogP contribution in [0.5, 0.6) is 0 Å². The van der Waals surface area contributed by atoms with Crippen LogP contribution >= 0.6 is 0 Å². The van der Waals surface area contributed by atoms with Crippen LogP contribution in [0.25, 0.3) is 0 Å². The van der Waals surface area contributed by atoms with Crippen LogP contribution in [-0.2, 0) is 28.5 Å². The molecule has 3 saturated heterocycles. The molecule has 0 aromatic heterocycles. The molecule has 4 aliphatic heterocycles. The normalized spacial score (nSPS) is 46.2. The second-order valence-corrected chi connectivity index (χ2v) is 12.9. The van der Waals surface area contributed by atoms with E-state index in [4.69, 9.17) is 23.7 Å². The topological polar surface area (TPSA) is 104 Å². The van der Waals surface area contributed by atoms with Gasteiger partial charge in [-0.3, -0.25) is 4.79 Å². The molecule has 5 aliphatic rings. The second kappa shape index (κ2) is 11.1. The van der Waals surface area contributed by atoms with Crippen LogP contribution in [0.15, 0.2) is 47.1 Å². The minimum atomic E-state index is -1.60. The van der Waals surface area contributed by atoms with Crippen molar-refractivity contribution in [3.05, 3.63) is 47.1 Å². The lowest BCUT2D eigenvalue weighted by Crippen LogP contribution is -2.59. The first kappa shape index (κ1) is 29.7. The fraction of sp³-hybridized carbons (Fsp3) is 0.719. The monoisotopic (exact) mass is 558 g/mol. The molecule has 8 nitrogen and oxygen atoms in total. The van der Waals surface area contributed by atoms with Gasteiger partial charge in [0.2, 0.25) is 0 Å². The first-order valence-corrected chi connectivity index (χ1v) is 14.8. The Balaban J connectivity index is 1.53. The predicted octanol–water partition coefficient (Wildman–Crippen LogP) is 4.51. The Hall–Kier alpha value is -1.81. The summed E-state index contributed by atoms with van der Waals surface area (Å²) in [5.74, 6) is -3.63. The van der Waals surface area contributed by atoms with Crippen molar-refractivity contribution >= 4 is 5.97 Å².